The summed E-state index contributed by atoms with van der Waals surface area (Å²) in [6.07, 6.45) is 2.05. The highest BCUT2D eigenvalue weighted by Crippen LogP contribution is 2.24. The van der Waals surface area contributed by atoms with Gasteiger partial charge >= 0.3 is 0 Å². The van der Waals surface area contributed by atoms with Gasteiger partial charge in [-0.25, -0.2) is 0 Å². The molecule has 0 bridgehead atoms. The third kappa shape index (κ3) is 4.63. The molecule has 0 spiro atoms. The molecule has 0 aliphatic heterocycles. The van der Waals surface area contributed by atoms with Crippen molar-refractivity contribution >= 4 is 28.3 Å². The molecule has 1 aliphatic rings. The minimum atomic E-state index is -0.177. The van der Waals surface area contributed by atoms with E-state index in [0.717, 1.165) is 18.4 Å². The van der Waals surface area contributed by atoms with Gasteiger partial charge in [0.15, 0.2) is 0 Å². The highest BCUT2D eigenvalue weighted by molar-refractivity contribution is 6.04. The van der Waals surface area contributed by atoms with Gasteiger partial charge in [-0.15, -0.1) is 0 Å². The van der Waals surface area contributed by atoms with Crippen molar-refractivity contribution in [1.82, 2.24) is 10.6 Å². The topological polar surface area (TPSA) is 70.2 Å². The smallest absolute Gasteiger partial charge is 0.253 e. The summed E-state index contributed by atoms with van der Waals surface area (Å²) in [4.78, 5) is 24.9. The Morgan fingerprint density at radius 2 is 1.69 bits per heavy atom. The van der Waals surface area contributed by atoms with Crippen LogP contribution in [0.25, 0.3) is 10.8 Å². The van der Waals surface area contributed by atoms with Crippen molar-refractivity contribution in [2.75, 3.05) is 11.9 Å². The Morgan fingerprint density at radius 3 is 2.52 bits per heavy atom. The predicted octanol–water partition coefficient (Wildman–Crippen LogP) is 4.02. The average Bonchev–Trinajstić information content (AvgIpc) is 3.56. The van der Waals surface area contributed by atoms with E-state index >= 15 is 0 Å². The first-order valence-electron chi connectivity index (χ1n) is 10.0. The van der Waals surface area contributed by atoms with Crippen molar-refractivity contribution in [2.24, 2.45) is 0 Å². The number of carbonyl (C=O) groups excluding carboxylic acids is 2. The number of para-hydroxylation sites is 1. The summed E-state index contributed by atoms with van der Waals surface area (Å²) in [6.45, 7) is 2.20. The molecule has 5 heteroatoms. The largest absolute Gasteiger partial charge is 0.349 e. The molecule has 0 saturated heterocycles. The molecule has 5 nitrogen and oxygen atoms in total. The van der Waals surface area contributed by atoms with Crippen LogP contribution in [0, 0.1) is 0 Å². The fourth-order valence-electron chi connectivity index (χ4n) is 3.46. The van der Waals surface area contributed by atoms with Crippen LogP contribution >= 0.6 is 0 Å². The molecule has 2 amide bonds. The van der Waals surface area contributed by atoms with Gasteiger partial charge < -0.3 is 16.0 Å². The van der Waals surface area contributed by atoms with Crippen molar-refractivity contribution in [3.8, 4) is 0 Å². The van der Waals surface area contributed by atoms with Crippen LogP contribution < -0.4 is 16.0 Å². The molecule has 1 aliphatic carbocycles. The van der Waals surface area contributed by atoms with Gasteiger partial charge in [0.25, 0.3) is 5.91 Å². The Kier molecular flexibility index (Phi) is 5.58. The lowest BCUT2D eigenvalue weighted by atomic mass is 10.00. The molecule has 3 aromatic carbocycles. The number of hydrogen-bond donors (Lipinski definition) is 3. The minimum absolute atomic E-state index is 0.0141. The van der Waals surface area contributed by atoms with E-state index in [1.807, 2.05) is 31.2 Å². The number of rotatable bonds is 7. The SMILES string of the molecule is CC(NCC(=O)Nc1ccccc1C(=O)NC1CC1)c1cccc2ccccc12. The first kappa shape index (κ1) is 19.2. The third-order valence-electron chi connectivity index (χ3n) is 5.22. The third-order valence-corrected chi connectivity index (χ3v) is 5.22. The van der Waals surface area contributed by atoms with E-state index in [1.54, 1.807) is 18.2 Å². The molecule has 0 radical (unpaired) electrons. The maximum Gasteiger partial charge on any atom is 0.253 e. The van der Waals surface area contributed by atoms with Crippen molar-refractivity contribution < 1.29 is 9.59 Å². The molecular weight excluding hydrogens is 362 g/mol. The molecule has 3 aromatic rings. The molecule has 1 unspecified atom stereocenters. The van der Waals surface area contributed by atoms with Gasteiger partial charge in [0.2, 0.25) is 5.91 Å². The first-order valence-corrected chi connectivity index (χ1v) is 10.0. The second-order valence-electron chi connectivity index (χ2n) is 7.51. The van der Waals surface area contributed by atoms with E-state index in [0.29, 0.717) is 11.3 Å². The molecule has 3 N–H and O–H groups in total. The number of benzene rings is 3. The number of hydrogen-bond acceptors (Lipinski definition) is 3. The second-order valence-corrected chi connectivity index (χ2v) is 7.51. The zero-order chi connectivity index (χ0) is 20.2. The molecule has 4 rings (SSSR count). The summed E-state index contributed by atoms with van der Waals surface area (Å²) < 4.78 is 0. The van der Waals surface area contributed by atoms with E-state index in [4.69, 9.17) is 0 Å². The Labute approximate surface area is 170 Å². The highest BCUT2D eigenvalue weighted by atomic mass is 16.2. The summed E-state index contributed by atoms with van der Waals surface area (Å²) in [5, 5.41) is 11.5. The van der Waals surface area contributed by atoms with E-state index in [-0.39, 0.29) is 30.4 Å². The molecule has 1 saturated carbocycles. The molecule has 1 atom stereocenters. The summed E-state index contributed by atoms with van der Waals surface area (Å²) in [5.41, 5.74) is 2.19. The number of amides is 2. The van der Waals surface area contributed by atoms with Gasteiger partial charge in [-0.2, -0.15) is 0 Å². The van der Waals surface area contributed by atoms with Gasteiger partial charge in [0, 0.05) is 12.1 Å². The zero-order valence-corrected chi connectivity index (χ0v) is 16.4. The van der Waals surface area contributed by atoms with Gasteiger partial charge in [0.05, 0.1) is 17.8 Å². The fourth-order valence-corrected chi connectivity index (χ4v) is 3.46. The Hall–Kier alpha value is -3.18. The monoisotopic (exact) mass is 387 g/mol. The number of fused-ring (bicyclic) bond motifs is 1. The lowest BCUT2D eigenvalue weighted by Crippen LogP contribution is -2.31. The van der Waals surface area contributed by atoms with Gasteiger partial charge in [-0.05, 0) is 48.2 Å². The summed E-state index contributed by atoms with van der Waals surface area (Å²) >= 11 is 0. The van der Waals surface area contributed by atoms with Crippen molar-refractivity contribution in [3.63, 3.8) is 0 Å². The van der Waals surface area contributed by atoms with E-state index in [9.17, 15) is 9.59 Å². The quantitative estimate of drug-likeness (QED) is 0.573. The number of carbonyl (C=O) groups is 2. The van der Waals surface area contributed by atoms with Crippen LogP contribution in [-0.4, -0.2) is 24.4 Å². The van der Waals surface area contributed by atoms with Crippen LogP contribution in [0.4, 0.5) is 5.69 Å². The lowest BCUT2D eigenvalue weighted by molar-refractivity contribution is -0.115. The van der Waals surface area contributed by atoms with E-state index in [2.05, 4.69) is 40.2 Å². The summed E-state index contributed by atoms with van der Waals surface area (Å²) in [7, 11) is 0. The average molecular weight is 387 g/mol. The Morgan fingerprint density at radius 1 is 0.966 bits per heavy atom. The summed E-state index contributed by atoms with van der Waals surface area (Å²) in [6, 6.07) is 21.8. The normalized spacial score (nSPS) is 14.4. The maximum absolute atomic E-state index is 12.5. The molecule has 148 valence electrons. The van der Waals surface area contributed by atoms with Crippen LogP contribution in [0.5, 0.6) is 0 Å². The van der Waals surface area contributed by atoms with Crippen molar-refractivity contribution in [2.45, 2.75) is 31.8 Å². The summed E-state index contributed by atoms with van der Waals surface area (Å²) in [5.74, 6) is -0.316. The first-order chi connectivity index (χ1) is 14.1. The van der Waals surface area contributed by atoms with Gasteiger partial charge in [-0.1, -0.05) is 54.6 Å². The second kappa shape index (κ2) is 8.45. The fraction of sp³-hybridized carbons (Fsp3) is 0.250. The van der Waals surface area contributed by atoms with Gasteiger partial charge in [-0.3, -0.25) is 9.59 Å². The number of nitrogens with one attached hydrogen (secondary N) is 3. The van der Waals surface area contributed by atoms with Crippen LogP contribution in [0.3, 0.4) is 0 Å². The van der Waals surface area contributed by atoms with Crippen molar-refractivity contribution in [1.29, 1.82) is 0 Å². The Bertz CT molecular complexity index is 1040. The van der Waals surface area contributed by atoms with E-state index in [1.165, 1.54) is 10.8 Å². The van der Waals surface area contributed by atoms with Crippen LogP contribution in [0.15, 0.2) is 66.7 Å². The lowest BCUT2D eigenvalue weighted by Gasteiger charge is -2.17. The standard InChI is InChI=1S/C24H25N3O2/c1-16(19-11-6-8-17-7-2-3-9-20(17)19)25-15-23(28)27-22-12-5-4-10-21(22)24(29)26-18-13-14-18/h2-12,16,18,25H,13-15H2,1H3,(H,26,29)(H,27,28). The van der Waals surface area contributed by atoms with E-state index < -0.39 is 0 Å². The predicted molar refractivity (Wildman–Crippen MR) is 116 cm³/mol. The van der Waals surface area contributed by atoms with Crippen LogP contribution in [0.2, 0.25) is 0 Å². The van der Waals surface area contributed by atoms with Gasteiger partial charge in [0.1, 0.15) is 0 Å². The maximum atomic E-state index is 12.5. The van der Waals surface area contributed by atoms with Crippen LogP contribution in [-0.2, 0) is 4.79 Å². The molecule has 0 heterocycles. The van der Waals surface area contributed by atoms with Crippen molar-refractivity contribution in [3.05, 3.63) is 77.9 Å². The zero-order valence-electron chi connectivity index (χ0n) is 16.4. The minimum Gasteiger partial charge on any atom is -0.349 e. The molecule has 0 aromatic heterocycles. The molecular formula is C24H25N3O2. The highest BCUT2D eigenvalue weighted by Gasteiger charge is 2.25. The molecule has 1 fully saturated rings. The van der Waals surface area contributed by atoms with Crippen LogP contribution in [0.1, 0.15) is 41.7 Å². The number of anilines is 1. The Balaban J connectivity index is 1.39. The molecule has 29 heavy (non-hydrogen) atoms.